The number of benzene rings is 2. The van der Waals surface area contributed by atoms with Crippen LogP contribution < -0.4 is 5.32 Å². The number of aryl methyl sites for hydroxylation is 1. The van der Waals surface area contributed by atoms with Gasteiger partial charge < -0.3 is 5.32 Å². The molecule has 0 bridgehead atoms. The summed E-state index contributed by atoms with van der Waals surface area (Å²) in [6, 6.07) is 5.10. The first-order valence-electron chi connectivity index (χ1n) is 10.2. The molecule has 33 heavy (non-hydrogen) atoms. The van der Waals surface area contributed by atoms with Gasteiger partial charge in [-0.1, -0.05) is 24.2 Å². The van der Waals surface area contributed by atoms with Gasteiger partial charge in [-0.3, -0.25) is 0 Å². The molecule has 1 N–H and O–H groups in total. The molecule has 2 unspecified atom stereocenters. The Labute approximate surface area is 185 Å². The molecule has 1 aliphatic carbocycles. The summed E-state index contributed by atoms with van der Waals surface area (Å²) < 4.78 is 57.8. The highest BCUT2D eigenvalue weighted by atomic mass is 19.4. The molecule has 0 fully saturated rings. The van der Waals surface area contributed by atoms with E-state index in [1.54, 1.807) is 26.0 Å². The summed E-state index contributed by atoms with van der Waals surface area (Å²) in [5.74, 6) is -1.40. The van der Waals surface area contributed by atoms with Gasteiger partial charge in [0.1, 0.15) is 11.5 Å². The number of rotatable bonds is 5. The van der Waals surface area contributed by atoms with E-state index in [1.807, 2.05) is 0 Å². The maximum Gasteiger partial charge on any atom is 0.419 e. The third-order valence-electron chi connectivity index (χ3n) is 6.24. The van der Waals surface area contributed by atoms with Gasteiger partial charge in [-0.05, 0) is 60.2 Å². The molecule has 1 heterocycles. The molecular weight excluding hydrogens is 442 g/mol. The fourth-order valence-corrected chi connectivity index (χ4v) is 4.62. The first-order valence-corrected chi connectivity index (χ1v) is 10.2. The lowest BCUT2D eigenvalue weighted by atomic mass is 9.67. The molecule has 0 saturated carbocycles. The second-order valence-electron chi connectivity index (χ2n) is 8.05. The highest BCUT2D eigenvalue weighted by Crippen LogP contribution is 2.57. The lowest BCUT2D eigenvalue weighted by molar-refractivity contribution is -0.195. The molecule has 0 radical (unpaired) electrons. The summed E-state index contributed by atoms with van der Waals surface area (Å²) >= 11 is 0. The van der Waals surface area contributed by atoms with Gasteiger partial charge in [-0.15, -0.1) is 9.81 Å². The average Bonchev–Trinajstić information content (AvgIpc) is 2.78. The zero-order valence-electron chi connectivity index (χ0n) is 17.7. The van der Waals surface area contributed by atoms with Crippen LogP contribution in [0.5, 0.6) is 0 Å². The molecule has 0 amide bonds. The van der Waals surface area contributed by atoms with Crippen molar-refractivity contribution in [2.45, 2.75) is 50.4 Å². The molecule has 3 atom stereocenters. The molecule has 2 aromatic carbocycles. The minimum atomic E-state index is -5.03. The molecule has 0 saturated heterocycles. The van der Waals surface area contributed by atoms with Crippen LogP contribution in [0.3, 0.4) is 0 Å². The standard InChI is InChI=1S/C22H19F4N5O2/c1-3-12-9-21(31-33,22(24,25)26)20(13-7-8-15(23)19(30-32)18(12)13)29-17-6-4-5-16-14(17)10-27-11(2)28-16/h4-8,10,12,20,29H,3,9H2,1-2H3/t12-,20?,21?/m1/s1. The monoisotopic (exact) mass is 461 g/mol. The topological polar surface area (TPSA) is 96.7 Å². The largest absolute Gasteiger partial charge is 0.419 e. The number of aromatic nitrogens is 2. The van der Waals surface area contributed by atoms with Crippen LogP contribution in [0.25, 0.3) is 10.9 Å². The molecule has 172 valence electrons. The Kier molecular flexibility index (Phi) is 5.59. The number of nitroso groups, excluding NO2 is 2. The fourth-order valence-electron chi connectivity index (χ4n) is 4.62. The Hall–Kier alpha value is -3.50. The number of fused-ring (bicyclic) bond motifs is 2. The number of hydrogen-bond donors (Lipinski definition) is 1. The van der Waals surface area contributed by atoms with Gasteiger partial charge in [-0.2, -0.15) is 13.2 Å². The highest BCUT2D eigenvalue weighted by Gasteiger charge is 2.65. The van der Waals surface area contributed by atoms with E-state index in [0.29, 0.717) is 16.7 Å². The summed E-state index contributed by atoms with van der Waals surface area (Å²) in [6.07, 6.45) is -4.20. The minimum absolute atomic E-state index is 0.0499. The summed E-state index contributed by atoms with van der Waals surface area (Å²) in [5, 5.41) is 8.62. The highest BCUT2D eigenvalue weighted by molar-refractivity contribution is 5.91. The van der Waals surface area contributed by atoms with Crippen LogP contribution in [0.2, 0.25) is 0 Å². The van der Waals surface area contributed by atoms with E-state index in [-0.39, 0.29) is 23.2 Å². The number of nitrogens with one attached hydrogen (secondary N) is 1. The van der Waals surface area contributed by atoms with E-state index in [9.17, 15) is 27.4 Å². The molecule has 1 aromatic heterocycles. The molecule has 4 rings (SSSR count). The number of alkyl halides is 3. The van der Waals surface area contributed by atoms with E-state index in [1.165, 1.54) is 12.3 Å². The Bertz CT molecular complexity index is 1250. The summed E-state index contributed by atoms with van der Waals surface area (Å²) in [4.78, 5) is 31.8. The second-order valence-corrected chi connectivity index (χ2v) is 8.05. The van der Waals surface area contributed by atoms with Crippen molar-refractivity contribution in [2.24, 2.45) is 10.4 Å². The van der Waals surface area contributed by atoms with E-state index in [2.05, 4.69) is 25.6 Å². The maximum absolute atomic E-state index is 14.5. The molecular formula is C22H19F4N5O2. The lowest BCUT2D eigenvalue weighted by Gasteiger charge is -2.44. The predicted octanol–water partition coefficient (Wildman–Crippen LogP) is 6.59. The van der Waals surface area contributed by atoms with Gasteiger partial charge in [0.05, 0.1) is 11.6 Å². The Balaban J connectivity index is 1.99. The summed E-state index contributed by atoms with van der Waals surface area (Å²) in [6.45, 7) is 3.27. The number of anilines is 1. The smallest absolute Gasteiger partial charge is 0.375 e. The van der Waals surface area contributed by atoms with Gasteiger partial charge in [0, 0.05) is 17.3 Å². The van der Waals surface area contributed by atoms with E-state index < -0.39 is 41.6 Å². The zero-order valence-corrected chi connectivity index (χ0v) is 17.7. The van der Waals surface area contributed by atoms with Gasteiger partial charge >= 0.3 is 6.18 Å². The third kappa shape index (κ3) is 3.51. The van der Waals surface area contributed by atoms with Gasteiger partial charge in [-0.25, -0.2) is 14.4 Å². The van der Waals surface area contributed by atoms with Crippen molar-refractivity contribution in [3.63, 3.8) is 0 Å². The predicted molar refractivity (Wildman–Crippen MR) is 115 cm³/mol. The van der Waals surface area contributed by atoms with Crippen LogP contribution in [-0.2, 0) is 0 Å². The van der Waals surface area contributed by atoms with Crippen molar-refractivity contribution in [2.75, 3.05) is 5.32 Å². The van der Waals surface area contributed by atoms with Crippen LogP contribution in [-0.4, -0.2) is 21.7 Å². The van der Waals surface area contributed by atoms with Crippen molar-refractivity contribution in [3.05, 3.63) is 69.1 Å². The van der Waals surface area contributed by atoms with Gasteiger partial charge in [0.15, 0.2) is 5.82 Å². The number of hydrogen-bond acceptors (Lipinski definition) is 7. The molecule has 11 heteroatoms. The molecule has 0 spiro atoms. The Morgan fingerprint density at radius 3 is 2.61 bits per heavy atom. The van der Waals surface area contributed by atoms with Crippen LogP contribution in [0, 0.1) is 22.6 Å². The molecule has 1 aliphatic rings. The molecule has 7 nitrogen and oxygen atoms in total. The third-order valence-corrected chi connectivity index (χ3v) is 6.24. The maximum atomic E-state index is 14.5. The van der Waals surface area contributed by atoms with Gasteiger partial charge in [0.2, 0.25) is 5.54 Å². The Morgan fingerprint density at radius 1 is 1.21 bits per heavy atom. The van der Waals surface area contributed by atoms with Crippen LogP contribution in [0.1, 0.15) is 48.7 Å². The zero-order chi connectivity index (χ0) is 24.0. The van der Waals surface area contributed by atoms with E-state index >= 15 is 0 Å². The average molecular weight is 461 g/mol. The molecule has 0 aliphatic heterocycles. The summed E-state index contributed by atoms with van der Waals surface area (Å²) in [5.41, 5.74) is -2.88. The second kappa shape index (κ2) is 8.13. The van der Waals surface area contributed by atoms with Crippen LogP contribution in [0.15, 0.2) is 46.9 Å². The van der Waals surface area contributed by atoms with Crippen molar-refractivity contribution >= 4 is 22.3 Å². The van der Waals surface area contributed by atoms with Crippen molar-refractivity contribution < 1.29 is 17.6 Å². The summed E-state index contributed by atoms with van der Waals surface area (Å²) in [7, 11) is 0. The quantitative estimate of drug-likeness (QED) is 0.341. The van der Waals surface area contributed by atoms with Crippen molar-refractivity contribution in [1.82, 2.24) is 9.97 Å². The number of nitrogens with zero attached hydrogens (tertiary/aromatic N) is 4. The van der Waals surface area contributed by atoms with Crippen molar-refractivity contribution in [3.8, 4) is 0 Å². The van der Waals surface area contributed by atoms with E-state index in [4.69, 9.17) is 0 Å². The van der Waals surface area contributed by atoms with Gasteiger partial charge in [0.25, 0.3) is 0 Å². The first kappa shape index (κ1) is 22.7. The first-order chi connectivity index (χ1) is 15.7. The lowest BCUT2D eigenvalue weighted by Crippen LogP contribution is -2.54. The molecule has 3 aromatic rings. The Morgan fingerprint density at radius 2 is 1.97 bits per heavy atom. The van der Waals surface area contributed by atoms with E-state index in [0.717, 1.165) is 12.1 Å². The number of halogens is 4. The SMILES string of the molecule is CC[C@@H]1CC(N=O)(C(F)(F)F)C(Nc2cccc3nc(C)ncc23)c2ccc(F)c(N=O)c21. The normalized spacial score (nSPS) is 22.6. The van der Waals surface area contributed by atoms with Crippen molar-refractivity contribution in [1.29, 1.82) is 0 Å². The van der Waals surface area contributed by atoms with Crippen LogP contribution in [0.4, 0.5) is 28.9 Å². The minimum Gasteiger partial charge on any atom is -0.375 e. The fraction of sp³-hybridized carbons (Fsp3) is 0.364. The van der Waals surface area contributed by atoms with Crippen LogP contribution >= 0.6 is 0 Å².